The summed E-state index contributed by atoms with van der Waals surface area (Å²) in [6, 6.07) is -0.796. The van der Waals surface area contributed by atoms with E-state index in [1.807, 2.05) is 13.8 Å². The number of methoxy groups -OCH3 is 1. The van der Waals surface area contributed by atoms with E-state index in [-0.39, 0.29) is 18.4 Å². The highest BCUT2D eigenvalue weighted by Crippen LogP contribution is 2.06. The Bertz CT molecular complexity index is 258. The van der Waals surface area contributed by atoms with E-state index < -0.39 is 11.9 Å². The summed E-state index contributed by atoms with van der Waals surface area (Å²) in [5, 5.41) is 0. The molecule has 17 heavy (non-hydrogen) atoms. The zero-order valence-electron chi connectivity index (χ0n) is 10.8. The van der Waals surface area contributed by atoms with Crippen molar-refractivity contribution in [2.75, 3.05) is 20.3 Å². The molecule has 4 N–H and O–H groups in total. The van der Waals surface area contributed by atoms with Crippen LogP contribution in [0.2, 0.25) is 0 Å². The number of primary amides is 1. The maximum Gasteiger partial charge on any atom is 0.240 e. The second-order valence-electron chi connectivity index (χ2n) is 4.06. The number of rotatable bonds is 8. The molecule has 0 radical (unpaired) electrons. The van der Waals surface area contributed by atoms with Crippen LogP contribution in [0.3, 0.4) is 0 Å². The van der Waals surface area contributed by atoms with E-state index in [0.29, 0.717) is 13.2 Å². The van der Waals surface area contributed by atoms with Gasteiger partial charge >= 0.3 is 0 Å². The van der Waals surface area contributed by atoms with Gasteiger partial charge in [0.1, 0.15) is 0 Å². The number of nitrogens with two attached hydrogens (primary N) is 2. The fourth-order valence-electron chi connectivity index (χ4n) is 1.47. The first-order valence-corrected chi connectivity index (χ1v) is 5.77. The SMILES string of the molecule is CCC(C)N(CCOC)C(=O)C(N)CC(N)=O. The molecule has 0 heterocycles. The zero-order valence-corrected chi connectivity index (χ0v) is 10.8. The van der Waals surface area contributed by atoms with E-state index in [4.69, 9.17) is 16.2 Å². The second kappa shape index (κ2) is 8.03. The maximum atomic E-state index is 12.0. The topological polar surface area (TPSA) is 98.7 Å². The van der Waals surface area contributed by atoms with Crippen LogP contribution in [-0.4, -0.2) is 49.1 Å². The lowest BCUT2D eigenvalue weighted by Crippen LogP contribution is -2.50. The van der Waals surface area contributed by atoms with Gasteiger partial charge < -0.3 is 21.1 Å². The average molecular weight is 245 g/mol. The van der Waals surface area contributed by atoms with Crippen LogP contribution >= 0.6 is 0 Å². The van der Waals surface area contributed by atoms with Gasteiger partial charge in [0.2, 0.25) is 11.8 Å². The molecule has 0 aromatic carbocycles. The fraction of sp³-hybridized carbons (Fsp3) is 0.818. The van der Waals surface area contributed by atoms with Crippen molar-refractivity contribution in [2.45, 2.75) is 38.8 Å². The molecule has 6 heteroatoms. The summed E-state index contributed by atoms with van der Waals surface area (Å²) >= 11 is 0. The third-order valence-corrected chi connectivity index (χ3v) is 2.68. The predicted molar refractivity (Wildman–Crippen MR) is 65.1 cm³/mol. The number of amides is 2. The number of ether oxygens (including phenoxy) is 1. The Labute approximate surface area is 102 Å². The molecule has 0 aromatic heterocycles. The molecular formula is C11H23N3O3. The lowest BCUT2D eigenvalue weighted by molar-refractivity contribution is -0.137. The summed E-state index contributed by atoms with van der Waals surface area (Å²) in [6.07, 6.45) is 0.692. The van der Waals surface area contributed by atoms with Crippen molar-refractivity contribution in [1.29, 1.82) is 0 Å². The molecule has 0 aromatic rings. The molecule has 0 rings (SSSR count). The fourth-order valence-corrected chi connectivity index (χ4v) is 1.47. The second-order valence-corrected chi connectivity index (χ2v) is 4.06. The molecule has 2 unspecified atom stereocenters. The molecule has 0 aliphatic carbocycles. The van der Waals surface area contributed by atoms with Gasteiger partial charge in [-0.05, 0) is 13.3 Å². The molecule has 0 saturated carbocycles. The quantitative estimate of drug-likeness (QED) is 0.600. The molecule has 100 valence electrons. The van der Waals surface area contributed by atoms with Crippen LogP contribution in [0, 0.1) is 0 Å². The molecule has 2 amide bonds. The van der Waals surface area contributed by atoms with Gasteiger partial charge in [-0.25, -0.2) is 0 Å². The van der Waals surface area contributed by atoms with E-state index >= 15 is 0 Å². The van der Waals surface area contributed by atoms with Crippen LogP contribution in [0.15, 0.2) is 0 Å². The molecule has 0 saturated heterocycles. The Morgan fingerprint density at radius 1 is 1.41 bits per heavy atom. The zero-order chi connectivity index (χ0) is 13.4. The third kappa shape index (κ3) is 5.65. The summed E-state index contributed by atoms with van der Waals surface area (Å²) in [6.45, 7) is 4.83. The minimum atomic E-state index is -0.863. The number of nitrogens with zero attached hydrogens (tertiary/aromatic N) is 1. The summed E-state index contributed by atoms with van der Waals surface area (Å²) in [7, 11) is 1.57. The molecule has 0 aliphatic rings. The first kappa shape index (κ1) is 15.9. The van der Waals surface area contributed by atoms with Gasteiger partial charge in [0, 0.05) is 19.7 Å². The first-order valence-electron chi connectivity index (χ1n) is 5.77. The Morgan fingerprint density at radius 3 is 2.41 bits per heavy atom. The first-order chi connectivity index (χ1) is 7.93. The van der Waals surface area contributed by atoms with E-state index in [1.54, 1.807) is 12.0 Å². The van der Waals surface area contributed by atoms with Crippen molar-refractivity contribution in [3.05, 3.63) is 0 Å². The van der Waals surface area contributed by atoms with Crippen molar-refractivity contribution < 1.29 is 14.3 Å². The molecule has 6 nitrogen and oxygen atoms in total. The summed E-state index contributed by atoms with van der Waals surface area (Å²) in [5.41, 5.74) is 10.7. The predicted octanol–water partition coefficient (Wildman–Crippen LogP) is -0.537. The van der Waals surface area contributed by atoms with Crippen molar-refractivity contribution in [3.63, 3.8) is 0 Å². The highest BCUT2D eigenvalue weighted by atomic mass is 16.5. The van der Waals surface area contributed by atoms with Crippen LogP contribution in [-0.2, 0) is 14.3 Å². The molecule has 0 spiro atoms. The van der Waals surface area contributed by atoms with Gasteiger partial charge in [0.25, 0.3) is 0 Å². The van der Waals surface area contributed by atoms with E-state index in [2.05, 4.69) is 0 Å². The van der Waals surface area contributed by atoms with Crippen molar-refractivity contribution >= 4 is 11.8 Å². The lowest BCUT2D eigenvalue weighted by atomic mass is 10.1. The number of hydrogen-bond donors (Lipinski definition) is 2. The highest BCUT2D eigenvalue weighted by molar-refractivity contribution is 5.87. The van der Waals surface area contributed by atoms with Crippen molar-refractivity contribution in [3.8, 4) is 0 Å². The third-order valence-electron chi connectivity index (χ3n) is 2.68. The Balaban J connectivity index is 4.55. The Kier molecular flexibility index (Phi) is 7.49. The molecule has 0 bridgehead atoms. The summed E-state index contributed by atoms with van der Waals surface area (Å²) in [4.78, 5) is 24.4. The highest BCUT2D eigenvalue weighted by Gasteiger charge is 2.25. The number of hydrogen-bond acceptors (Lipinski definition) is 4. The van der Waals surface area contributed by atoms with Gasteiger partial charge in [-0.3, -0.25) is 9.59 Å². The average Bonchev–Trinajstić information content (AvgIpc) is 2.27. The smallest absolute Gasteiger partial charge is 0.240 e. The van der Waals surface area contributed by atoms with Gasteiger partial charge in [-0.2, -0.15) is 0 Å². The molecular weight excluding hydrogens is 222 g/mol. The van der Waals surface area contributed by atoms with Crippen molar-refractivity contribution in [1.82, 2.24) is 4.90 Å². The van der Waals surface area contributed by atoms with Gasteiger partial charge in [0.15, 0.2) is 0 Å². The normalized spacial score (nSPS) is 14.1. The molecule has 2 atom stereocenters. The van der Waals surface area contributed by atoms with Crippen LogP contribution in [0.5, 0.6) is 0 Å². The minimum Gasteiger partial charge on any atom is -0.383 e. The Hall–Kier alpha value is -1.14. The van der Waals surface area contributed by atoms with Gasteiger partial charge in [-0.1, -0.05) is 6.92 Å². The Morgan fingerprint density at radius 2 is 2.00 bits per heavy atom. The van der Waals surface area contributed by atoms with Gasteiger partial charge in [0.05, 0.1) is 19.1 Å². The van der Waals surface area contributed by atoms with E-state index in [9.17, 15) is 9.59 Å². The maximum absolute atomic E-state index is 12.0. The lowest BCUT2D eigenvalue weighted by Gasteiger charge is -2.30. The van der Waals surface area contributed by atoms with Crippen LogP contribution < -0.4 is 11.5 Å². The van der Waals surface area contributed by atoms with Crippen LogP contribution in [0.4, 0.5) is 0 Å². The monoisotopic (exact) mass is 245 g/mol. The number of carbonyl (C=O) groups is 2. The number of carbonyl (C=O) groups excluding carboxylic acids is 2. The van der Waals surface area contributed by atoms with Gasteiger partial charge in [-0.15, -0.1) is 0 Å². The van der Waals surface area contributed by atoms with E-state index in [1.165, 1.54) is 0 Å². The van der Waals surface area contributed by atoms with Crippen LogP contribution in [0.25, 0.3) is 0 Å². The summed E-state index contributed by atoms with van der Waals surface area (Å²) < 4.78 is 4.95. The molecule has 0 aliphatic heterocycles. The minimum absolute atomic E-state index is 0.0663. The summed E-state index contributed by atoms with van der Waals surface area (Å²) in [5.74, 6) is -0.822. The van der Waals surface area contributed by atoms with Crippen LogP contribution in [0.1, 0.15) is 26.7 Å². The van der Waals surface area contributed by atoms with Crippen molar-refractivity contribution in [2.24, 2.45) is 11.5 Å². The standard InChI is InChI=1S/C11H23N3O3/c1-4-8(2)14(5-6-17-3)11(16)9(12)7-10(13)15/h8-9H,4-7,12H2,1-3H3,(H2,13,15). The largest absolute Gasteiger partial charge is 0.383 e. The molecule has 0 fully saturated rings. The van der Waals surface area contributed by atoms with E-state index in [0.717, 1.165) is 6.42 Å².